The van der Waals surface area contributed by atoms with Crippen LogP contribution in [0, 0.1) is 0 Å². The molecule has 0 N–H and O–H groups in total. The van der Waals surface area contributed by atoms with Crippen LogP contribution in [0.2, 0.25) is 0 Å². The second-order valence-electron chi connectivity index (χ2n) is 1.97. The van der Waals surface area contributed by atoms with Crippen LogP contribution in [-0.4, -0.2) is 12.3 Å². The summed E-state index contributed by atoms with van der Waals surface area (Å²) in [6, 6.07) is 0. The summed E-state index contributed by atoms with van der Waals surface area (Å²) in [6.07, 6.45) is 9.22. The van der Waals surface area contributed by atoms with Crippen molar-refractivity contribution in [1.29, 1.82) is 0 Å². The maximum Gasteiger partial charge on any atom is 0.0576 e. The fourth-order valence-electron chi connectivity index (χ4n) is 0.758. The molecule has 0 aromatic heterocycles. The van der Waals surface area contributed by atoms with E-state index in [2.05, 4.69) is 24.1 Å². The number of hydrogen-bond donors (Lipinski definition) is 0. The van der Waals surface area contributed by atoms with Crippen molar-refractivity contribution in [3.05, 3.63) is 24.3 Å². The Kier molecular flexibility index (Phi) is 6.70. The van der Waals surface area contributed by atoms with Crippen molar-refractivity contribution in [3.63, 3.8) is 0 Å². The molecule has 0 saturated carbocycles. The number of nitrogens with zero attached hydrogens (tertiary/aromatic N) is 1. The average Bonchev–Trinajstić information content (AvgIpc) is 2.35. The van der Waals surface area contributed by atoms with Crippen molar-refractivity contribution >= 4 is 5.71 Å². The number of rotatable bonds is 1. The van der Waals surface area contributed by atoms with Gasteiger partial charge in [0.15, 0.2) is 0 Å². The molecule has 0 unspecified atom stereocenters. The third-order valence-corrected chi connectivity index (χ3v) is 1.30. The summed E-state index contributed by atoms with van der Waals surface area (Å²) in [6.45, 7) is 6.96. The number of allylic oxidation sites excluding steroid dienone is 3. The zero-order chi connectivity index (χ0) is 8.53. The van der Waals surface area contributed by atoms with Crippen LogP contribution in [0.4, 0.5) is 0 Å². The Labute approximate surface area is 69.5 Å². The smallest absolute Gasteiger partial charge is 0.0576 e. The first-order valence-electron chi connectivity index (χ1n) is 4.30. The van der Waals surface area contributed by atoms with Crippen LogP contribution in [0.3, 0.4) is 0 Å². The van der Waals surface area contributed by atoms with E-state index < -0.39 is 0 Å². The van der Waals surface area contributed by atoms with Crippen molar-refractivity contribution in [2.75, 3.05) is 6.54 Å². The van der Waals surface area contributed by atoms with Crippen molar-refractivity contribution in [3.8, 4) is 0 Å². The molecule has 0 fully saturated rings. The highest BCUT2D eigenvalue weighted by molar-refractivity contribution is 5.95. The highest BCUT2D eigenvalue weighted by atomic mass is 14.7. The molecule has 1 heteroatoms. The Balaban J connectivity index is 0.000000461. The van der Waals surface area contributed by atoms with Gasteiger partial charge >= 0.3 is 0 Å². The van der Waals surface area contributed by atoms with Gasteiger partial charge in [-0.25, -0.2) is 0 Å². The fourth-order valence-corrected chi connectivity index (χ4v) is 0.758. The van der Waals surface area contributed by atoms with Crippen LogP contribution in [0.5, 0.6) is 0 Å². The van der Waals surface area contributed by atoms with Gasteiger partial charge in [-0.3, -0.25) is 4.99 Å². The molecule has 0 saturated heterocycles. The molecule has 1 aliphatic heterocycles. The van der Waals surface area contributed by atoms with E-state index in [1.165, 1.54) is 5.71 Å². The molecular weight excluding hydrogens is 134 g/mol. The van der Waals surface area contributed by atoms with Crippen molar-refractivity contribution in [2.24, 2.45) is 4.99 Å². The van der Waals surface area contributed by atoms with Crippen LogP contribution in [0.15, 0.2) is 29.3 Å². The molecule has 0 spiro atoms. The lowest BCUT2D eigenvalue weighted by molar-refractivity contribution is 1.19. The van der Waals surface area contributed by atoms with Crippen LogP contribution in [0.25, 0.3) is 0 Å². The van der Waals surface area contributed by atoms with Gasteiger partial charge in [0, 0.05) is 5.71 Å². The Hall–Kier alpha value is -0.850. The molecule has 0 amide bonds. The summed E-state index contributed by atoms with van der Waals surface area (Å²) in [5, 5.41) is 0. The van der Waals surface area contributed by atoms with E-state index in [1.54, 1.807) is 0 Å². The molecule has 0 radical (unpaired) electrons. The lowest BCUT2D eigenvalue weighted by atomic mass is 10.3. The van der Waals surface area contributed by atoms with Gasteiger partial charge < -0.3 is 0 Å². The average molecular weight is 151 g/mol. The van der Waals surface area contributed by atoms with E-state index in [1.807, 2.05) is 26.0 Å². The lowest BCUT2D eigenvalue weighted by Crippen LogP contribution is -1.89. The summed E-state index contributed by atoms with van der Waals surface area (Å²) in [5.74, 6) is 0. The zero-order valence-electron chi connectivity index (χ0n) is 7.67. The van der Waals surface area contributed by atoms with Gasteiger partial charge in [0.05, 0.1) is 6.54 Å². The quantitative estimate of drug-likeness (QED) is 0.546. The molecule has 1 aliphatic rings. The first-order valence-corrected chi connectivity index (χ1v) is 4.30. The van der Waals surface area contributed by atoms with Gasteiger partial charge in [-0.1, -0.05) is 39.0 Å². The van der Waals surface area contributed by atoms with E-state index >= 15 is 0 Å². The van der Waals surface area contributed by atoms with Gasteiger partial charge in [-0.2, -0.15) is 0 Å². The molecule has 0 aromatic carbocycles. The van der Waals surface area contributed by atoms with E-state index in [4.69, 9.17) is 0 Å². The molecule has 0 aliphatic carbocycles. The first-order chi connectivity index (χ1) is 5.43. The molecule has 0 bridgehead atoms. The van der Waals surface area contributed by atoms with Gasteiger partial charge in [0.2, 0.25) is 0 Å². The minimum Gasteiger partial charge on any atom is -0.286 e. The van der Waals surface area contributed by atoms with E-state index in [0.29, 0.717) is 0 Å². The summed E-state index contributed by atoms with van der Waals surface area (Å²) in [4.78, 5) is 4.28. The van der Waals surface area contributed by atoms with E-state index in [9.17, 15) is 0 Å². The molecule has 0 aromatic rings. The third-order valence-electron chi connectivity index (χ3n) is 1.30. The second-order valence-corrected chi connectivity index (χ2v) is 1.97. The van der Waals surface area contributed by atoms with E-state index in [0.717, 1.165) is 13.0 Å². The van der Waals surface area contributed by atoms with Crippen LogP contribution < -0.4 is 0 Å². The van der Waals surface area contributed by atoms with Gasteiger partial charge in [-0.15, -0.1) is 0 Å². The first kappa shape index (κ1) is 10.2. The Bertz CT molecular complexity index is 164. The molecule has 1 rings (SSSR count). The summed E-state index contributed by atoms with van der Waals surface area (Å²) < 4.78 is 0. The van der Waals surface area contributed by atoms with Crippen molar-refractivity contribution in [1.82, 2.24) is 0 Å². The van der Waals surface area contributed by atoms with E-state index in [-0.39, 0.29) is 0 Å². The van der Waals surface area contributed by atoms with Crippen LogP contribution in [-0.2, 0) is 0 Å². The summed E-state index contributed by atoms with van der Waals surface area (Å²) >= 11 is 0. The number of aliphatic imine (C=N–C) groups is 1. The zero-order valence-corrected chi connectivity index (χ0v) is 7.67. The normalized spacial score (nSPS) is 14.6. The van der Waals surface area contributed by atoms with Crippen molar-refractivity contribution < 1.29 is 0 Å². The van der Waals surface area contributed by atoms with Crippen LogP contribution >= 0.6 is 0 Å². The summed E-state index contributed by atoms with van der Waals surface area (Å²) in [5.41, 5.74) is 1.19. The molecule has 0 atom stereocenters. The highest BCUT2D eigenvalue weighted by Crippen LogP contribution is 1.94. The summed E-state index contributed by atoms with van der Waals surface area (Å²) in [7, 11) is 0. The molecule has 1 nitrogen and oxygen atoms in total. The minimum absolute atomic E-state index is 0.843. The Morgan fingerprint density at radius 1 is 1.36 bits per heavy atom. The third kappa shape index (κ3) is 4.54. The highest BCUT2D eigenvalue weighted by Gasteiger charge is 1.88. The Morgan fingerprint density at radius 2 is 2.09 bits per heavy atom. The second kappa shape index (κ2) is 7.26. The molecular formula is C10H17N. The predicted octanol–water partition coefficient (Wildman–Crippen LogP) is 2.99. The minimum atomic E-state index is 0.843. The van der Waals surface area contributed by atoms with Gasteiger partial charge in [0.1, 0.15) is 0 Å². The standard InChI is InChI=1S/C8H11N.C2H6/c1-2-8-6-4-3-5-7-9-8;1-2/h3-6H,2,7H2,1H3;1-2H3. The predicted molar refractivity (Wildman–Crippen MR) is 52.2 cm³/mol. The van der Waals surface area contributed by atoms with Crippen LogP contribution in [0.1, 0.15) is 27.2 Å². The van der Waals surface area contributed by atoms with Gasteiger partial charge in [0.25, 0.3) is 0 Å². The molecule has 1 heterocycles. The fraction of sp³-hybridized carbons (Fsp3) is 0.500. The molecule has 62 valence electrons. The van der Waals surface area contributed by atoms with Crippen molar-refractivity contribution in [2.45, 2.75) is 27.2 Å². The maximum absolute atomic E-state index is 4.28. The molecule has 11 heavy (non-hydrogen) atoms. The lowest BCUT2D eigenvalue weighted by Gasteiger charge is -1.90. The van der Waals surface area contributed by atoms with Gasteiger partial charge in [-0.05, 0) is 12.5 Å². The SMILES string of the molecule is CC.CCC1=NCC=CC=C1. The largest absolute Gasteiger partial charge is 0.286 e. The monoisotopic (exact) mass is 151 g/mol. The Morgan fingerprint density at radius 3 is 2.73 bits per heavy atom. The maximum atomic E-state index is 4.28. The topological polar surface area (TPSA) is 12.4 Å². The number of hydrogen-bond acceptors (Lipinski definition) is 1.